The number of nitrogens with zero attached hydrogens (tertiary/aromatic N) is 3. The van der Waals surface area contributed by atoms with Gasteiger partial charge in [-0.15, -0.1) is 0 Å². The van der Waals surface area contributed by atoms with Crippen LogP contribution in [0.15, 0.2) is 0 Å². The van der Waals surface area contributed by atoms with Crippen LogP contribution in [0.1, 0.15) is 20.3 Å². The molecule has 0 aliphatic rings. The van der Waals surface area contributed by atoms with Gasteiger partial charge < -0.3 is 10.1 Å². The second-order valence-corrected chi connectivity index (χ2v) is 6.53. The van der Waals surface area contributed by atoms with Crippen LogP contribution in [0.4, 0.5) is 5.95 Å². The third-order valence-electron chi connectivity index (χ3n) is 2.16. The van der Waals surface area contributed by atoms with Crippen molar-refractivity contribution < 1.29 is 13.2 Å². The summed E-state index contributed by atoms with van der Waals surface area (Å²) in [5.74, 6) is 0.326. The molecule has 0 atom stereocenters. The monoisotopic (exact) mass is 308 g/mol. The first-order chi connectivity index (χ1) is 8.96. The van der Waals surface area contributed by atoms with E-state index in [0.29, 0.717) is 6.61 Å². The highest BCUT2D eigenvalue weighted by Gasteiger charge is 2.09. The summed E-state index contributed by atoms with van der Waals surface area (Å²) >= 11 is 5.72. The maximum atomic E-state index is 11.3. The Labute approximate surface area is 117 Å². The topological polar surface area (TPSA) is 94.1 Å². The Bertz CT molecular complexity index is 509. The number of sulfone groups is 1. The van der Waals surface area contributed by atoms with Crippen molar-refractivity contribution in [2.24, 2.45) is 0 Å². The van der Waals surface area contributed by atoms with E-state index in [1.807, 2.05) is 6.92 Å². The lowest BCUT2D eigenvalue weighted by Gasteiger charge is -2.07. The van der Waals surface area contributed by atoms with Crippen molar-refractivity contribution in [1.82, 2.24) is 15.0 Å². The zero-order valence-electron chi connectivity index (χ0n) is 10.9. The highest BCUT2D eigenvalue weighted by Crippen LogP contribution is 2.11. The first-order valence-electron chi connectivity index (χ1n) is 5.95. The standard InChI is InChI=1S/C10H17ClN4O3S/c1-3-6-18-10-14-8(11)13-9(15-10)12-5-7-19(16,17)4-2/h3-7H2,1-2H3,(H,12,13,14,15). The molecule has 0 saturated carbocycles. The lowest BCUT2D eigenvalue weighted by molar-refractivity contribution is 0.291. The van der Waals surface area contributed by atoms with Crippen LogP contribution in [0.2, 0.25) is 5.28 Å². The van der Waals surface area contributed by atoms with E-state index in [0.717, 1.165) is 6.42 Å². The summed E-state index contributed by atoms with van der Waals surface area (Å²) in [7, 11) is -3.02. The van der Waals surface area contributed by atoms with Crippen molar-refractivity contribution in [2.45, 2.75) is 20.3 Å². The third kappa shape index (κ3) is 6.02. The Kier molecular flexibility index (Phi) is 6.23. The van der Waals surface area contributed by atoms with Gasteiger partial charge in [0.2, 0.25) is 11.2 Å². The third-order valence-corrected chi connectivity index (χ3v) is 4.03. The molecule has 1 heterocycles. The molecule has 1 aromatic rings. The molecule has 1 rings (SSSR count). The second-order valence-electron chi connectivity index (χ2n) is 3.72. The number of aromatic nitrogens is 3. The Morgan fingerprint density at radius 1 is 1.26 bits per heavy atom. The highest BCUT2D eigenvalue weighted by molar-refractivity contribution is 7.91. The average molecular weight is 309 g/mol. The Morgan fingerprint density at radius 2 is 2.00 bits per heavy atom. The molecular formula is C10H17ClN4O3S. The van der Waals surface area contributed by atoms with Gasteiger partial charge in [-0.1, -0.05) is 13.8 Å². The summed E-state index contributed by atoms with van der Waals surface area (Å²) in [5.41, 5.74) is 0. The predicted octanol–water partition coefficient (Wildman–Crippen LogP) is 1.16. The summed E-state index contributed by atoms with van der Waals surface area (Å²) in [5, 5.41) is 2.79. The van der Waals surface area contributed by atoms with Gasteiger partial charge in [0, 0.05) is 12.3 Å². The summed E-state index contributed by atoms with van der Waals surface area (Å²) in [4.78, 5) is 11.6. The quantitative estimate of drug-likeness (QED) is 0.770. The molecule has 0 amide bonds. The fraction of sp³-hybridized carbons (Fsp3) is 0.700. The van der Waals surface area contributed by atoms with Crippen LogP contribution in [0.3, 0.4) is 0 Å². The van der Waals surface area contributed by atoms with Crippen LogP contribution < -0.4 is 10.1 Å². The molecular weight excluding hydrogens is 292 g/mol. The van der Waals surface area contributed by atoms with Crippen LogP contribution in [0.25, 0.3) is 0 Å². The molecule has 0 aliphatic heterocycles. The van der Waals surface area contributed by atoms with E-state index < -0.39 is 9.84 Å². The van der Waals surface area contributed by atoms with E-state index in [4.69, 9.17) is 16.3 Å². The molecule has 19 heavy (non-hydrogen) atoms. The summed E-state index contributed by atoms with van der Waals surface area (Å²) < 4.78 is 27.9. The van der Waals surface area contributed by atoms with E-state index in [2.05, 4.69) is 20.3 Å². The van der Waals surface area contributed by atoms with Crippen molar-refractivity contribution in [3.05, 3.63) is 5.28 Å². The van der Waals surface area contributed by atoms with Crippen molar-refractivity contribution in [1.29, 1.82) is 0 Å². The van der Waals surface area contributed by atoms with Crippen molar-refractivity contribution >= 4 is 27.4 Å². The normalized spacial score (nSPS) is 11.3. The summed E-state index contributed by atoms with van der Waals surface area (Å²) in [6, 6.07) is 0.127. The van der Waals surface area contributed by atoms with E-state index in [1.165, 1.54) is 0 Å². The summed E-state index contributed by atoms with van der Waals surface area (Å²) in [6.07, 6.45) is 0.820. The smallest absolute Gasteiger partial charge is 0.322 e. The number of hydrogen-bond acceptors (Lipinski definition) is 7. The molecule has 0 aliphatic carbocycles. The zero-order chi connectivity index (χ0) is 14.3. The number of rotatable bonds is 8. The molecule has 0 radical (unpaired) electrons. The molecule has 0 aromatic carbocycles. The van der Waals surface area contributed by atoms with Crippen molar-refractivity contribution in [3.63, 3.8) is 0 Å². The van der Waals surface area contributed by atoms with Gasteiger partial charge in [-0.05, 0) is 18.0 Å². The van der Waals surface area contributed by atoms with Crippen LogP contribution in [0.5, 0.6) is 6.01 Å². The molecule has 0 unspecified atom stereocenters. The van der Waals surface area contributed by atoms with Crippen LogP contribution in [-0.2, 0) is 9.84 Å². The molecule has 0 fully saturated rings. The molecule has 0 bridgehead atoms. The van der Waals surface area contributed by atoms with Gasteiger partial charge in [-0.2, -0.15) is 15.0 Å². The van der Waals surface area contributed by atoms with Gasteiger partial charge in [0.25, 0.3) is 0 Å². The van der Waals surface area contributed by atoms with Crippen molar-refractivity contribution in [2.75, 3.05) is 30.0 Å². The fourth-order valence-corrected chi connectivity index (χ4v) is 1.99. The fourth-order valence-electron chi connectivity index (χ4n) is 1.13. The lowest BCUT2D eigenvalue weighted by Crippen LogP contribution is -2.18. The Morgan fingerprint density at radius 3 is 2.63 bits per heavy atom. The summed E-state index contributed by atoms with van der Waals surface area (Å²) in [6.45, 7) is 4.25. The number of hydrogen-bond donors (Lipinski definition) is 1. The molecule has 108 valence electrons. The van der Waals surface area contributed by atoms with E-state index in [-0.39, 0.29) is 35.3 Å². The number of nitrogens with one attached hydrogen (secondary N) is 1. The largest absolute Gasteiger partial charge is 0.463 e. The molecule has 9 heteroatoms. The second kappa shape index (κ2) is 7.44. The molecule has 0 spiro atoms. The number of ether oxygens (including phenoxy) is 1. The number of halogens is 1. The van der Waals surface area contributed by atoms with Gasteiger partial charge >= 0.3 is 6.01 Å². The minimum atomic E-state index is -3.02. The van der Waals surface area contributed by atoms with Crippen molar-refractivity contribution in [3.8, 4) is 6.01 Å². The maximum absolute atomic E-state index is 11.3. The first-order valence-corrected chi connectivity index (χ1v) is 8.15. The van der Waals surface area contributed by atoms with Crippen LogP contribution >= 0.6 is 11.6 Å². The molecule has 7 nitrogen and oxygen atoms in total. The van der Waals surface area contributed by atoms with E-state index >= 15 is 0 Å². The molecule has 1 aromatic heterocycles. The minimum absolute atomic E-state index is 0.00181. The first kappa shape index (κ1) is 15.9. The molecule has 0 saturated heterocycles. The minimum Gasteiger partial charge on any atom is -0.463 e. The van der Waals surface area contributed by atoms with Gasteiger partial charge in [0.1, 0.15) is 0 Å². The SMILES string of the molecule is CCCOc1nc(Cl)nc(NCCS(=O)(=O)CC)n1. The zero-order valence-corrected chi connectivity index (χ0v) is 12.5. The Hall–Kier alpha value is -1.15. The lowest BCUT2D eigenvalue weighted by atomic mass is 10.5. The average Bonchev–Trinajstić information content (AvgIpc) is 2.35. The van der Waals surface area contributed by atoms with Gasteiger partial charge in [0.05, 0.1) is 12.4 Å². The van der Waals surface area contributed by atoms with Gasteiger partial charge in [-0.3, -0.25) is 0 Å². The Balaban J connectivity index is 2.60. The van der Waals surface area contributed by atoms with Gasteiger partial charge in [0.15, 0.2) is 9.84 Å². The highest BCUT2D eigenvalue weighted by atomic mass is 35.5. The number of anilines is 1. The van der Waals surface area contributed by atoms with Gasteiger partial charge in [-0.25, -0.2) is 8.42 Å². The molecule has 1 N–H and O–H groups in total. The predicted molar refractivity (Wildman–Crippen MR) is 73.4 cm³/mol. The van der Waals surface area contributed by atoms with Crippen LogP contribution in [-0.4, -0.2) is 48.0 Å². The maximum Gasteiger partial charge on any atom is 0.322 e. The van der Waals surface area contributed by atoms with E-state index in [9.17, 15) is 8.42 Å². The van der Waals surface area contributed by atoms with E-state index in [1.54, 1.807) is 6.92 Å². The van der Waals surface area contributed by atoms with Crippen LogP contribution in [0, 0.1) is 0 Å².